The molecule has 98 valence electrons. The molecule has 0 radical (unpaired) electrons. The Hall–Kier alpha value is -2.24. The molecule has 0 aliphatic heterocycles. The van der Waals surface area contributed by atoms with Crippen molar-refractivity contribution >= 4 is 23.2 Å². The Bertz CT molecular complexity index is 483. The number of hydrogen-bond acceptors (Lipinski definition) is 4. The molecule has 7 N–H and O–H groups in total. The molecule has 1 aromatic rings. The summed E-state index contributed by atoms with van der Waals surface area (Å²) in [7, 11) is 0. The van der Waals surface area contributed by atoms with Gasteiger partial charge in [-0.05, 0) is 26.0 Å². The fourth-order valence-corrected chi connectivity index (χ4v) is 1.73. The van der Waals surface area contributed by atoms with Crippen molar-refractivity contribution in [3.63, 3.8) is 0 Å². The minimum absolute atomic E-state index is 0.111. The van der Waals surface area contributed by atoms with Crippen LogP contribution in [0, 0.1) is 0 Å². The van der Waals surface area contributed by atoms with E-state index in [2.05, 4.69) is 5.32 Å². The number of carbonyl (C=O) groups is 2. The van der Waals surface area contributed by atoms with E-state index in [1.807, 2.05) is 0 Å². The van der Waals surface area contributed by atoms with E-state index in [0.717, 1.165) is 0 Å². The van der Waals surface area contributed by atoms with Crippen LogP contribution in [0.3, 0.4) is 0 Å². The molecule has 0 bridgehead atoms. The lowest BCUT2D eigenvalue weighted by Crippen LogP contribution is -2.37. The summed E-state index contributed by atoms with van der Waals surface area (Å²) in [6.45, 7) is 3.57. The third-order valence-electron chi connectivity index (χ3n) is 2.44. The molecule has 1 rings (SSSR count). The minimum Gasteiger partial charge on any atom is -0.397 e. The van der Waals surface area contributed by atoms with E-state index < -0.39 is 17.4 Å². The van der Waals surface area contributed by atoms with Crippen LogP contribution in [0.2, 0.25) is 0 Å². The number of rotatable bonds is 5. The van der Waals surface area contributed by atoms with Crippen LogP contribution in [0.25, 0.3) is 0 Å². The number of carbonyl (C=O) groups excluding carboxylic acids is 2. The van der Waals surface area contributed by atoms with Gasteiger partial charge in [0, 0.05) is 12.0 Å². The van der Waals surface area contributed by atoms with Crippen molar-refractivity contribution in [3.8, 4) is 0 Å². The number of benzene rings is 1. The van der Waals surface area contributed by atoms with Crippen LogP contribution >= 0.6 is 0 Å². The first-order valence-corrected chi connectivity index (χ1v) is 5.48. The Labute approximate surface area is 106 Å². The van der Waals surface area contributed by atoms with Crippen molar-refractivity contribution < 1.29 is 9.59 Å². The van der Waals surface area contributed by atoms with Crippen molar-refractivity contribution in [2.24, 2.45) is 11.5 Å². The number of para-hydroxylation sites is 1. The Morgan fingerprint density at radius 1 is 1.28 bits per heavy atom. The fraction of sp³-hybridized carbons (Fsp3) is 0.333. The summed E-state index contributed by atoms with van der Waals surface area (Å²) in [6.07, 6.45) is 0.111. The molecule has 0 saturated carbocycles. The smallest absolute Gasteiger partial charge is 0.250 e. The number of anilines is 2. The molecule has 6 heteroatoms. The van der Waals surface area contributed by atoms with Gasteiger partial charge >= 0.3 is 0 Å². The molecule has 0 heterocycles. The second kappa shape index (κ2) is 4.95. The topological polar surface area (TPSA) is 124 Å². The zero-order valence-corrected chi connectivity index (χ0v) is 10.5. The van der Waals surface area contributed by atoms with Gasteiger partial charge in [0.15, 0.2) is 0 Å². The lowest BCUT2D eigenvalue weighted by Gasteiger charge is -2.28. The summed E-state index contributed by atoms with van der Waals surface area (Å²) in [5.74, 6) is -1.03. The maximum absolute atomic E-state index is 11.3. The summed E-state index contributed by atoms with van der Waals surface area (Å²) in [6, 6.07) is 4.86. The van der Waals surface area contributed by atoms with Crippen molar-refractivity contribution in [1.29, 1.82) is 0 Å². The molecule has 0 atom stereocenters. The molecule has 0 aliphatic carbocycles. The highest BCUT2D eigenvalue weighted by Crippen LogP contribution is 2.27. The number of amides is 2. The average molecular weight is 250 g/mol. The first-order chi connectivity index (χ1) is 8.23. The number of primary amides is 2. The zero-order chi connectivity index (χ0) is 13.9. The van der Waals surface area contributed by atoms with E-state index in [1.54, 1.807) is 32.0 Å². The number of nitrogen functional groups attached to an aromatic ring is 1. The van der Waals surface area contributed by atoms with Gasteiger partial charge < -0.3 is 22.5 Å². The van der Waals surface area contributed by atoms with Gasteiger partial charge in [-0.25, -0.2) is 0 Å². The molecule has 0 fully saturated rings. The number of nitrogens with one attached hydrogen (secondary N) is 1. The van der Waals surface area contributed by atoms with Crippen molar-refractivity contribution in [2.45, 2.75) is 25.8 Å². The third kappa shape index (κ3) is 3.38. The Kier molecular flexibility index (Phi) is 3.80. The van der Waals surface area contributed by atoms with Gasteiger partial charge in [0.05, 0.1) is 16.9 Å². The lowest BCUT2D eigenvalue weighted by molar-refractivity contribution is -0.118. The number of nitrogens with two attached hydrogens (primary N) is 3. The second-order valence-electron chi connectivity index (χ2n) is 4.79. The molecule has 0 saturated heterocycles. The summed E-state index contributed by atoms with van der Waals surface area (Å²) in [5, 5.41) is 3.04. The molecule has 2 amide bonds. The van der Waals surface area contributed by atoms with Gasteiger partial charge in [0.1, 0.15) is 0 Å². The van der Waals surface area contributed by atoms with Crippen molar-refractivity contribution in [2.75, 3.05) is 11.1 Å². The van der Waals surface area contributed by atoms with E-state index >= 15 is 0 Å². The Morgan fingerprint density at radius 3 is 2.39 bits per heavy atom. The normalized spacial score (nSPS) is 11.0. The van der Waals surface area contributed by atoms with Crippen LogP contribution in [0.15, 0.2) is 18.2 Å². The second-order valence-corrected chi connectivity index (χ2v) is 4.79. The highest BCUT2D eigenvalue weighted by atomic mass is 16.1. The maximum atomic E-state index is 11.3. The van der Waals surface area contributed by atoms with Crippen LogP contribution < -0.4 is 22.5 Å². The lowest BCUT2D eigenvalue weighted by atomic mass is 9.98. The quantitative estimate of drug-likeness (QED) is 0.566. The van der Waals surface area contributed by atoms with Gasteiger partial charge in [0.25, 0.3) is 5.91 Å². The molecule has 18 heavy (non-hydrogen) atoms. The van der Waals surface area contributed by atoms with Gasteiger partial charge in [-0.15, -0.1) is 0 Å². The highest BCUT2D eigenvalue weighted by molar-refractivity contribution is 6.01. The first-order valence-electron chi connectivity index (χ1n) is 5.48. The van der Waals surface area contributed by atoms with Crippen LogP contribution in [-0.2, 0) is 4.79 Å². The van der Waals surface area contributed by atoms with E-state index in [9.17, 15) is 9.59 Å². The van der Waals surface area contributed by atoms with Gasteiger partial charge in [-0.3, -0.25) is 9.59 Å². The molecule has 0 aliphatic rings. The standard InChI is InChI=1S/C12H18N4O2/c1-12(2,6-9(14)17)16-10-7(11(15)18)4-3-5-8(10)13/h3-5,16H,6,13H2,1-2H3,(H2,14,17)(H2,15,18). The largest absolute Gasteiger partial charge is 0.397 e. The van der Waals surface area contributed by atoms with Crippen molar-refractivity contribution in [3.05, 3.63) is 23.8 Å². The molecule has 0 aromatic heterocycles. The molecular weight excluding hydrogens is 232 g/mol. The summed E-state index contributed by atoms with van der Waals surface area (Å²) in [5.41, 5.74) is 16.7. The van der Waals surface area contributed by atoms with Crippen LogP contribution in [0.1, 0.15) is 30.6 Å². The Balaban J connectivity index is 3.10. The van der Waals surface area contributed by atoms with E-state index in [4.69, 9.17) is 17.2 Å². The maximum Gasteiger partial charge on any atom is 0.250 e. The molecule has 0 spiro atoms. The van der Waals surface area contributed by atoms with E-state index in [1.165, 1.54) is 0 Å². The summed E-state index contributed by atoms with van der Waals surface area (Å²) < 4.78 is 0. The van der Waals surface area contributed by atoms with Gasteiger partial charge in [-0.2, -0.15) is 0 Å². The van der Waals surface area contributed by atoms with Crippen LogP contribution in [-0.4, -0.2) is 17.4 Å². The first kappa shape index (κ1) is 13.8. The van der Waals surface area contributed by atoms with E-state index in [0.29, 0.717) is 11.4 Å². The van der Waals surface area contributed by atoms with Crippen LogP contribution in [0.5, 0.6) is 0 Å². The minimum atomic E-state index is -0.620. The van der Waals surface area contributed by atoms with Gasteiger partial charge in [0.2, 0.25) is 5.91 Å². The molecule has 1 aromatic carbocycles. The van der Waals surface area contributed by atoms with Crippen LogP contribution in [0.4, 0.5) is 11.4 Å². The predicted molar refractivity (Wildman–Crippen MR) is 70.9 cm³/mol. The third-order valence-corrected chi connectivity index (χ3v) is 2.44. The van der Waals surface area contributed by atoms with Gasteiger partial charge in [-0.1, -0.05) is 6.07 Å². The number of hydrogen-bond donors (Lipinski definition) is 4. The highest BCUT2D eigenvalue weighted by Gasteiger charge is 2.23. The van der Waals surface area contributed by atoms with E-state index in [-0.39, 0.29) is 12.0 Å². The molecule has 0 unspecified atom stereocenters. The monoisotopic (exact) mass is 250 g/mol. The SMILES string of the molecule is CC(C)(CC(N)=O)Nc1c(N)cccc1C(N)=O. The summed E-state index contributed by atoms with van der Waals surface area (Å²) in [4.78, 5) is 22.3. The molecule has 6 nitrogen and oxygen atoms in total. The van der Waals surface area contributed by atoms with Crippen molar-refractivity contribution in [1.82, 2.24) is 0 Å². The fourth-order valence-electron chi connectivity index (χ4n) is 1.73. The Morgan fingerprint density at radius 2 is 1.89 bits per heavy atom. The summed E-state index contributed by atoms with van der Waals surface area (Å²) >= 11 is 0. The molecular formula is C12H18N4O2. The zero-order valence-electron chi connectivity index (χ0n) is 10.5. The average Bonchev–Trinajstić information content (AvgIpc) is 2.18. The predicted octanol–water partition coefficient (Wildman–Crippen LogP) is 0.434.